The third-order valence-electron chi connectivity index (χ3n) is 1.45. The second kappa shape index (κ2) is 5.19. The van der Waals surface area contributed by atoms with Gasteiger partial charge in [0.25, 0.3) is 0 Å². The lowest BCUT2D eigenvalue weighted by Gasteiger charge is -2.11. The molecule has 0 saturated heterocycles. The Morgan fingerprint density at radius 2 is 2.18 bits per heavy atom. The molecule has 1 unspecified atom stereocenters. The van der Waals surface area contributed by atoms with Crippen LogP contribution in [0.2, 0.25) is 0 Å². The smallest absolute Gasteiger partial charge is 0.0996 e. The van der Waals surface area contributed by atoms with E-state index in [1.165, 1.54) is 0 Å². The quantitative estimate of drug-likeness (QED) is 0.512. The fraction of sp³-hybridized carbons (Fsp3) is 0.625. The summed E-state index contributed by atoms with van der Waals surface area (Å²) < 4.78 is 0. The Labute approximate surface area is 73.4 Å². The number of hydrogen-bond donors (Lipinski definition) is 1. The maximum atomic E-state index is 5.75. The number of nitrogens with zero attached hydrogens (tertiary/aromatic N) is 1. The predicted molar refractivity (Wildman–Crippen MR) is 51.2 cm³/mol. The Balaban J connectivity index is 4.17. The molecule has 0 bridgehead atoms. The Hall–Kier alpha value is -0.500. The van der Waals surface area contributed by atoms with Crippen molar-refractivity contribution in [2.45, 2.75) is 19.9 Å². The lowest BCUT2D eigenvalue weighted by molar-refractivity contribution is 0.573. The highest BCUT2D eigenvalue weighted by molar-refractivity contribution is 6.29. The van der Waals surface area contributed by atoms with Crippen LogP contribution >= 0.6 is 11.6 Å². The maximum absolute atomic E-state index is 5.75. The third kappa shape index (κ3) is 4.04. The van der Waals surface area contributed by atoms with Crippen molar-refractivity contribution in [3.05, 3.63) is 11.2 Å². The SMILES string of the molecule is C=NC(/C=C(/Cl)NC)C(C)C. The molecule has 1 atom stereocenters. The van der Waals surface area contributed by atoms with Gasteiger partial charge in [0.15, 0.2) is 0 Å². The molecule has 0 amide bonds. The number of rotatable bonds is 4. The highest BCUT2D eigenvalue weighted by atomic mass is 35.5. The minimum absolute atomic E-state index is 0.106. The van der Waals surface area contributed by atoms with E-state index >= 15 is 0 Å². The van der Waals surface area contributed by atoms with Crippen LogP contribution in [0.4, 0.5) is 0 Å². The average molecular weight is 175 g/mol. The van der Waals surface area contributed by atoms with E-state index < -0.39 is 0 Å². The molecule has 0 spiro atoms. The summed E-state index contributed by atoms with van der Waals surface area (Å²) in [7, 11) is 1.78. The fourth-order valence-corrected chi connectivity index (χ4v) is 0.818. The summed E-state index contributed by atoms with van der Waals surface area (Å²) in [4.78, 5) is 3.92. The minimum Gasteiger partial charge on any atom is -0.379 e. The van der Waals surface area contributed by atoms with Crippen LogP contribution in [-0.2, 0) is 0 Å². The molecule has 0 saturated carbocycles. The molecular formula is C8H15ClN2. The summed E-state index contributed by atoms with van der Waals surface area (Å²) in [5, 5.41) is 3.44. The van der Waals surface area contributed by atoms with Crippen molar-refractivity contribution in [3.63, 3.8) is 0 Å². The zero-order valence-corrected chi connectivity index (χ0v) is 8.02. The largest absolute Gasteiger partial charge is 0.379 e. The van der Waals surface area contributed by atoms with Crippen LogP contribution in [-0.4, -0.2) is 19.8 Å². The first-order valence-corrected chi connectivity index (χ1v) is 4.00. The first-order valence-electron chi connectivity index (χ1n) is 3.62. The first-order chi connectivity index (χ1) is 5.11. The molecule has 0 rings (SSSR count). The van der Waals surface area contributed by atoms with E-state index in [0.717, 1.165) is 0 Å². The molecule has 64 valence electrons. The monoisotopic (exact) mass is 174 g/mol. The van der Waals surface area contributed by atoms with Gasteiger partial charge in [-0.3, -0.25) is 4.99 Å². The lowest BCUT2D eigenvalue weighted by Crippen LogP contribution is -2.12. The van der Waals surface area contributed by atoms with Crippen molar-refractivity contribution in [1.29, 1.82) is 0 Å². The Kier molecular flexibility index (Phi) is 4.95. The Morgan fingerprint density at radius 1 is 1.64 bits per heavy atom. The highest BCUT2D eigenvalue weighted by Gasteiger charge is 2.07. The summed E-state index contributed by atoms with van der Waals surface area (Å²) in [6, 6.07) is 0.106. The van der Waals surface area contributed by atoms with Gasteiger partial charge >= 0.3 is 0 Å². The number of halogens is 1. The van der Waals surface area contributed by atoms with Crippen LogP contribution in [0, 0.1) is 5.92 Å². The molecular weight excluding hydrogens is 160 g/mol. The van der Waals surface area contributed by atoms with E-state index in [4.69, 9.17) is 11.6 Å². The molecule has 0 fully saturated rings. The van der Waals surface area contributed by atoms with Crippen LogP contribution < -0.4 is 5.32 Å². The number of nitrogens with one attached hydrogen (secondary N) is 1. The molecule has 0 aromatic heterocycles. The molecule has 0 heterocycles. The average Bonchev–Trinajstić information content (AvgIpc) is 1.99. The van der Waals surface area contributed by atoms with Crippen LogP contribution in [0.5, 0.6) is 0 Å². The van der Waals surface area contributed by atoms with Crippen LogP contribution in [0.25, 0.3) is 0 Å². The molecule has 0 aliphatic heterocycles. The molecule has 3 heteroatoms. The third-order valence-corrected chi connectivity index (χ3v) is 1.76. The van der Waals surface area contributed by atoms with Gasteiger partial charge < -0.3 is 5.32 Å². The topological polar surface area (TPSA) is 24.4 Å². The Bertz CT molecular complexity index is 152. The predicted octanol–water partition coefficient (Wildman–Crippen LogP) is 2.01. The minimum atomic E-state index is 0.106. The molecule has 0 radical (unpaired) electrons. The van der Waals surface area contributed by atoms with Crippen LogP contribution in [0.15, 0.2) is 16.2 Å². The summed E-state index contributed by atoms with van der Waals surface area (Å²) in [5.74, 6) is 0.439. The van der Waals surface area contributed by atoms with Gasteiger partial charge in [-0.2, -0.15) is 0 Å². The standard InChI is InChI=1S/C8H15ClN2/c1-6(2)7(10-3)5-8(9)11-4/h5-7,11H,3H2,1-2,4H3/b8-5-. The summed E-state index contributed by atoms with van der Waals surface area (Å²) in [5.41, 5.74) is 0. The molecule has 2 nitrogen and oxygen atoms in total. The highest BCUT2D eigenvalue weighted by Crippen LogP contribution is 2.10. The van der Waals surface area contributed by atoms with Gasteiger partial charge in [0.1, 0.15) is 0 Å². The fourth-order valence-electron chi connectivity index (χ4n) is 0.689. The van der Waals surface area contributed by atoms with Gasteiger partial charge in [-0.1, -0.05) is 25.4 Å². The van der Waals surface area contributed by atoms with E-state index in [9.17, 15) is 0 Å². The number of hydrogen-bond acceptors (Lipinski definition) is 2. The van der Waals surface area contributed by atoms with Crippen molar-refractivity contribution in [1.82, 2.24) is 5.32 Å². The van der Waals surface area contributed by atoms with Gasteiger partial charge in [-0.25, -0.2) is 0 Å². The summed E-state index contributed by atoms with van der Waals surface area (Å²) >= 11 is 5.75. The van der Waals surface area contributed by atoms with Gasteiger partial charge in [-0.15, -0.1) is 0 Å². The maximum Gasteiger partial charge on any atom is 0.0996 e. The van der Waals surface area contributed by atoms with E-state index in [-0.39, 0.29) is 6.04 Å². The first kappa shape index (κ1) is 10.5. The van der Waals surface area contributed by atoms with Crippen LogP contribution in [0.3, 0.4) is 0 Å². The van der Waals surface area contributed by atoms with Crippen molar-refractivity contribution in [2.75, 3.05) is 7.05 Å². The van der Waals surface area contributed by atoms with E-state index in [1.807, 2.05) is 6.08 Å². The molecule has 0 aromatic carbocycles. The normalized spacial score (nSPS) is 14.8. The van der Waals surface area contributed by atoms with Gasteiger partial charge in [0.2, 0.25) is 0 Å². The zero-order valence-electron chi connectivity index (χ0n) is 7.26. The van der Waals surface area contributed by atoms with Crippen molar-refractivity contribution < 1.29 is 0 Å². The second-order valence-electron chi connectivity index (χ2n) is 2.68. The van der Waals surface area contributed by atoms with Crippen LogP contribution in [0.1, 0.15) is 13.8 Å². The molecule has 0 aliphatic rings. The van der Waals surface area contributed by atoms with Gasteiger partial charge in [-0.05, 0) is 18.7 Å². The zero-order chi connectivity index (χ0) is 8.85. The molecule has 0 aliphatic carbocycles. The number of aliphatic imine (C=N–C) groups is 1. The van der Waals surface area contributed by atoms with Crippen molar-refractivity contribution in [2.24, 2.45) is 10.9 Å². The second-order valence-corrected chi connectivity index (χ2v) is 3.09. The van der Waals surface area contributed by atoms with E-state index in [0.29, 0.717) is 11.1 Å². The van der Waals surface area contributed by atoms with Crippen molar-refractivity contribution in [3.8, 4) is 0 Å². The molecule has 11 heavy (non-hydrogen) atoms. The summed E-state index contributed by atoms with van der Waals surface area (Å²) in [6.07, 6.45) is 1.86. The van der Waals surface area contributed by atoms with E-state index in [1.54, 1.807) is 7.05 Å². The molecule has 1 N–H and O–H groups in total. The summed E-state index contributed by atoms with van der Waals surface area (Å²) in [6.45, 7) is 7.65. The lowest BCUT2D eigenvalue weighted by atomic mass is 10.1. The van der Waals surface area contributed by atoms with Gasteiger partial charge in [0, 0.05) is 7.05 Å². The Morgan fingerprint density at radius 3 is 2.45 bits per heavy atom. The van der Waals surface area contributed by atoms with Crippen molar-refractivity contribution >= 4 is 18.3 Å². The van der Waals surface area contributed by atoms with Gasteiger partial charge in [0.05, 0.1) is 11.2 Å². The van der Waals surface area contributed by atoms with E-state index in [2.05, 4.69) is 30.9 Å². The molecule has 0 aromatic rings.